The minimum absolute atomic E-state index is 0.0760. The van der Waals surface area contributed by atoms with Gasteiger partial charge in [0.25, 0.3) is 0 Å². The molecular weight excluding hydrogens is 300 g/mol. The number of carbonyl (C=O) groups is 2. The molecule has 4 aliphatic carbocycles. The molecule has 0 spiro atoms. The summed E-state index contributed by atoms with van der Waals surface area (Å²) in [6.45, 7) is 6.25. The van der Waals surface area contributed by atoms with Gasteiger partial charge in [0.15, 0.2) is 0 Å². The van der Waals surface area contributed by atoms with Crippen LogP contribution in [-0.2, 0) is 14.3 Å². The fourth-order valence-corrected chi connectivity index (χ4v) is 7.44. The van der Waals surface area contributed by atoms with E-state index in [0.717, 1.165) is 31.6 Å². The molecule has 0 heterocycles. The van der Waals surface area contributed by atoms with Gasteiger partial charge < -0.3 is 4.74 Å². The maximum atomic E-state index is 12.5. The number of carbonyl (C=O) groups excluding carboxylic acids is 2. The number of ether oxygens (including phenoxy) is 1. The van der Waals surface area contributed by atoms with E-state index >= 15 is 0 Å². The predicted molar refractivity (Wildman–Crippen MR) is 92.3 cm³/mol. The molecule has 4 aliphatic rings. The van der Waals surface area contributed by atoms with Crippen molar-refractivity contribution >= 4 is 11.8 Å². The van der Waals surface area contributed by atoms with Gasteiger partial charge in [0.1, 0.15) is 11.9 Å². The third kappa shape index (κ3) is 2.22. The number of ketones is 1. The molecule has 3 heteroatoms. The predicted octanol–water partition coefficient (Wildman–Crippen LogP) is 4.53. The zero-order valence-corrected chi connectivity index (χ0v) is 15.5. The molecule has 0 amide bonds. The molecule has 7 atom stereocenters. The smallest absolute Gasteiger partial charge is 0.302 e. The summed E-state index contributed by atoms with van der Waals surface area (Å²) in [4.78, 5) is 24.3. The summed E-state index contributed by atoms with van der Waals surface area (Å²) in [5, 5.41) is 0. The van der Waals surface area contributed by atoms with Gasteiger partial charge in [-0.3, -0.25) is 9.59 Å². The SMILES string of the molecule is CC(=O)O[C@H]1CC2C3CCC(=O)C3(C)CC[C@@H]2C2(C)CCCCC12. The van der Waals surface area contributed by atoms with Gasteiger partial charge in [-0.2, -0.15) is 0 Å². The van der Waals surface area contributed by atoms with Crippen LogP contribution in [0.25, 0.3) is 0 Å². The van der Waals surface area contributed by atoms with E-state index in [9.17, 15) is 9.59 Å². The molecule has 4 saturated carbocycles. The third-order valence-corrected chi connectivity index (χ3v) is 8.59. The second-order valence-corrected chi connectivity index (χ2v) is 9.54. The first kappa shape index (κ1) is 16.6. The van der Waals surface area contributed by atoms with Gasteiger partial charge in [-0.15, -0.1) is 0 Å². The second-order valence-electron chi connectivity index (χ2n) is 9.54. The lowest BCUT2D eigenvalue weighted by Crippen LogP contribution is -2.57. The highest BCUT2D eigenvalue weighted by molar-refractivity contribution is 5.87. The Hall–Kier alpha value is -0.860. The monoisotopic (exact) mass is 332 g/mol. The van der Waals surface area contributed by atoms with Crippen LogP contribution in [0.2, 0.25) is 0 Å². The zero-order chi connectivity index (χ0) is 17.1. The van der Waals surface area contributed by atoms with E-state index in [1.807, 2.05) is 0 Å². The average Bonchev–Trinajstić information content (AvgIpc) is 2.82. The largest absolute Gasteiger partial charge is 0.462 e. The molecule has 0 bridgehead atoms. The van der Waals surface area contributed by atoms with Crippen molar-refractivity contribution in [2.75, 3.05) is 0 Å². The van der Waals surface area contributed by atoms with Crippen molar-refractivity contribution < 1.29 is 14.3 Å². The van der Waals surface area contributed by atoms with Crippen molar-refractivity contribution in [1.82, 2.24) is 0 Å². The molecule has 24 heavy (non-hydrogen) atoms. The standard InChI is InChI=1S/C21H32O3/c1-13(22)24-18-12-14-15-7-8-19(23)21(15,3)11-9-16(14)20(2)10-5-4-6-17(18)20/h14-18H,4-12H2,1-3H3/t14?,15?,16-,17?,18-,20?,21?/m0/s1. The molecule has 0 aromatic heterocycles. The van der Waals surface area contributed by atoms with Crippen LogP contribution in [0.5, 0.6) is 0 Å². The zero-order valence-electron chi connectivity index (χ0n) is 15.5. The van der Waals surface area contributed by atoms with E-state index in [4.69, 9.17) is 4.74 Å². The van der Waals surface area contributed by atoms with Crippen LogP contribution < -0.4 is 0 Å². The summed E-state index contributed by atoms with van der Waals surface area (Å²) in [6.07, 6.45) is 10.2. The highest BCUT2D eigenvalue weighted by atomic mass is 16.5. The summed E-state index contributed by atoms with van der Waals surface area (Å²) in [5.41, 5.74) is 0.202. The molecule has 4 fully saturated rings. The van der Waals surface area contributed by atoms with Gasteiger partial charge >= 0.3 is 5.97 Å². The van der Waals surface area contributed by atoms with Crippen molar-refractivity contribution in [1.29, 1.82) is 0 Å². The molecule has 0 radical (unpaired) electrons. The first-order chi connectivity index (χ1) is 11.4. The first-order valence-electron chi connectivity index (χ1n) is 10.1. The summed E-state index contributed by atoms with van der Waals surface area (Å²) < 4.78 is 5.86. The fraction of sp³-hybridized carbons (Fsp3) is 0.905. The van der Waals surface area contributed by atoms with E-state index in [-0.39, 0.29) is 17.5 Å². The molecule has 0 N–H and O–H groups in total. The molecule has 5 unspecified atom stereocenters. The van der Waals surface area contributed by atoms with Gasteiger partial charge in [0, 0.05) is 24.7 Å². The Morgan fingerprint density at radius 1 is 1.04 bits per heavy atom. The lowest BCUT2D eigenvalue weighted by atomic mass is 9.44. The first-order valence-corrected chi connectivity index (χ1v) is 10.1. The Kier molecular flexibility index (Phi) is 3.85. The molecule has 0 aliphatic heterocycles. The molecule has 134 valence electrons. The van der Waals surface area contributed by atoms with Crippen molar-refractivity contribution in [3.8, 4) is 0 Å². The van der Waals surface area contributed by atoms with Crippen molar-refractivity contribution in [2.45, 2.75) is 84.7 Å². The van der Waals surface area contributed by atoms with Gasteiger partial charge in [-0.1, -0.05) is 26.7 Å². The van der Waals surface area contributed by atoms with E-state index in [1.54, 1.807) is 6.92 Å². The Balaban J connectivity index is 1.69. The lowest BCUT2D eigenvalue weighted by Gasteiger charge is -2.61. The maximum Gasteiger partial charge on any atom is 0.302 e. The highest BCUT2D eigenvalue weighted by Crippen LogP contribution is 2.65. The summed E-state index contributed by atoms with van der Waals surface area (Å²) >= 11 is 0. The number of fused-ring (bicyclic) bond motifs is 5. The number of esters is 1. The lowest BCUT2D eigenvalue weighted by molar-refractivity contribution is -0.183. The van der Waals surface area contributed by atoms with Crippen molar-refractivity contribution in [3.63, 3.8) is 0 Å². The molecular formula is C21H32O3. The van der Waals surface area contributed by atoms with Crippen molar-refractivity contribution in [2.24, 2.45) is 34.5 Å². The number of hydrogen-bond acceptors (Lipinski definition) is 3. The van der Waals surface area contributed by atoms with Gasteiger partial charge in [-0.05, 0) is 61.7 Å². The summed E-state index contributed by atoms with van der Waals surface area (Å²) in [5.74, 6) is 2.69. The second kappa shape index (κ2) is 5.57. The van der Waals surface area contributed by atoms with Crippen LogP contribution in [0, 0.1) is 34.5 Å². The number of hydrogen-bond donors (Lipinski definition) is 0. The number of rotatable bonds is 1. The molecule has 3 nitrogen and oxygen atoms in total. The van der Waals surface area contributed by atoms with Crippen LogP contribution in [-0.4, -0.2) is 17.9 Å². The minimum atomic E-state index is -0.132. The molecule has 0 aromatic carbocycles. The quantitative estimate of drug-likeness (QED) is 0.663. The Bertz CT molecular complexity index is 555. The fourth-order valence-electron chi connectivity index (χ4n) is 7.44. The topological polar surface area (TPSA) is 43.4 Å². The van der Waals surface area contributed by atoms with E-state index in [0.29, 0.717) is 29.0 Å². The maximum absolute atomic E-state index is 12.5. The number of Topliss-reactive ketones (excluding diaryl/α,β-unsaturated/α-hetero) is 1. The van der Waals surface area contributed by atoms with Gasteiger partial charge in [-0.25, -0.2) is 0 Å². The third-order valence-electron chi connectivity index (χ3n) is 8.59. The molecule has 0 saturated heterocycles. The van der Waals surface area contributed by atoms with Crippen molar-refractivity contribution in [3.05, 3.63) is 0 Å². The Morgan fingerprint density at radius 2 is 1.83 bits per heavy atom. The summed E-state index contributed by atoms with van der Waals surface area (Å²) in [7, 11) is 0. The average molecular weight is 332 g/mol. The van der Waals surface area contributed by atoms with Crippen LogP contribution in [0.4, 0.5) is 0 Å². The van der Waals surface area contributed by atoms with Crippen LogP contribution in [0.3, 0.4) is 0 Å². The normalized spacial score (nSPS) is 50.6. The van der Waals surface area contributed by atoms with Crippen LogP contribution in [0.1, 0.15) is 78.6 Å². The van der Waals surface area contributed by atoms with Gasteiger partial charge in [0.2, 0.25) is 0 Å². The summed E-state index contributed by atoms with van der Waals surface area (Å²) in [6, 6.07) is 0. The van der Waals surface area contributed by atoms with E-state index < -0.39 is 0 Å². The van der Waals surface area contributed by atoms with Crippen LogP contribution in [0.15, 0.2) is 0 Å². The van der Waals surface area contributed by atoms with E-state index in [2.05, 4.69) is 13.8 Å². The van der Waals surface area contributed by atoms with Gasteiger partial charge in [0.05, 0.1) is 0 Å². The van der Waals surface area contributed by atoms with E-state index in [1.165, 1.54) is 32.1 Å². The Labute approximate surface area is 145 Å². The molecule has 0 aromatic rings. The highest BCUT2D eigenvalue weighted by Gasteiger charge is 2.62. The Morgan fingerprint density at radius 3 is 2.58 bits per heavy atom. The molecule has 4 rings (SSSR count). The minimum Gasteiger partial charge on any atom is -0.462 e. The van der Waals surface area contributed by atoms with Crippen LogP contribution >= 0.6 is 0 Å².